The lowest BCUT2D eigenvalue weighted by Crippen LogP contribution is -1.87. The SMILES string of the molecule is Clc1ccccc1-c1cn2cccc2cc1Cl. The first-order chi connectivity index (χ1) is 8.25. The van der Waals surface area contributed by atoms with Crippen molar-refractivity contribution in [2.75, 3.05) is 0 Å². The average Bonchev–Trinajstić information content (AvgIpc) is 2.76. The van der Waals surface area contributed by atoms with E-state index in [1.165, 1.54) is 0 Å². The van der Waals surface area contributed by atoms with Crippen molar-refractivity contribution < 1.29 is 0 Å². The van der Waals surface area contributed by atoms with Crippen LogP contribution in [-0.4, -0.2) is 4.40 Å². The van der Waals surface area contributed by atoms with Gasteiger partial charge >= 0.3 is 0 Å². The molecule has 0 N–H and O–H groups in total. The summed E-state index contributed by atoms with van der Waals surface area (Å²) >= 11 is 12.5. The third-order valence-electron chi connectivity index (χ3n) is 2.78. The molecule has 0 saturated heterocycles. The lowest BCUT2D eigenvalue weighted by Gasteiger charge is -2.08. The summed E-state index contributed by atoms with van der Waals surface area (Å²) in [5.41, 5.74) is 2.97. The van der Waals surface area contributed by atoms with Crippen LogP contribution < -0.4 is 0 Å². The van der Waals surface area contributed by atoms with Gasteiger partial charge in [-0.2, -0.15) is 0 Å². The number of rotatable bonds is 1. The van der Waals surface area contributed by atoms with E-state index in [9.17, 15) is 0 Å². The van der Waals surface area contributed by atoms with Crippen LogP contribution in [0.3, 0.4) is 0 Å². The Morgan fingerprint density at radius 3 is 2.47 bits per heavy atom. The van der Waals surface area contributed by atoms with Gasteiger partial charge in [-0.1, -0.05) is 41.4 Å². The van der Waals surface area contributed by atoms with Gasteiger partial charge in [-0.15, -0.1) is 0 Å². The molecule has 3 rings (SSSR count). The fourth-order valence-corrected chi connectivity index (χ4v) is 2.43. The van der Waals surface area contributed by atoms with Crippen LogP contribution in [0.5, 0.6) is 0 Å². The van der Waals surface area contributed by atoms with Crippen molar-refractivity contribution >= 4 is 28.7 Å². The van der Waals surface area contributed by atoms with E-state index in [1.54, 1.807) is 0 Å². The Kier molecular flexibility index (Phi) is 2.58. The predicted molar refractivity (Wildman–Crippen MR) is 72.9 cm³/mol. The number of aromatic nitrogens is 1. The second-order valence-corrected chi connectivity index (χ2v) is 4.67. The van der Waals surface area contributed by atoms with E-state index in [1.807, 2.05) is 59.3 Å². The minimum Gasteiger partial charge on any atom is -0.323 e. The summed E-state index contributed by atoms with van der Waals surface area (Å²) in [5, 5.41) is 1.42. The zero-order valence-electron chi connectivity index (χ0n) is 8.90. The first kappa shape index (κ1) is 10.7. The molecule has 84 valence electrons. The minimum absolute atomic E-state index is 0.709. The average molecular weight is 262 g/mol. The van der Waals surface area contributed by atoms with Gasteiger partial charge in [0.1, 0.15) is 0 Å². The summed E-state index contributed by atoms with van der Waals surface area (Å²) in [4.78, 5) is 0. The Balaban J connectivity index is 2.30. The predicted octanol–water partition coefficient (Wildman–Crippen LogP) is 4.91. The second kappa shape index (κ2) is 4.10. The summed E-state index contributed by atoms with van der Waals surface area (Å²) in [6.07, 6.45) is 3.99. The van der Waals surface area contributed by atoms with Crippen molar-refractivity contribution in [3.63, 3.8) is 0 Å². The van der Waals surface area contributed by atoms with Crippen molar-refractivity contribution in [2.45, 2.75) is 0 Å². The number of halogens is 2. The molecule has 1 aromatic carbocycles. The summed E-state index contributed by atoms with van der Waals surface area (Å²) < 4.78 is 2.03. The second-order valence-electron chi connectivity index (χ2n) is 3.86. The van der Waals surface area contributed by atoms with Gasteiger partial charge in [0.15, 0.2) is 0 Å². The summed E-state index contributed by atoms with van der Waals surface area (Å²) in [6, 6.07) is 13.7. The highest BCUT2D eigenvalue weighted by Crippen LogP contribution is 2.33. The molecule has 2 aromatic heterocycles. The number of benzene rings is 1. The molecule has 0 spiro atoms. The first-order valence-corrected chi connectivity index (χ1v) is 6.02. The summed E-state index contributed by atoms with van der Waals surface area (Å²) in [6.45, 7) is 0. The molecule has 0 fully saturated rings. The van der Waals surface area contributed by atoms with Crippen molar-refractivity contribution in [3.05, 3.63) is 64.9 Å². The molecule has 0 aliphatic rings. The Morgan fingerprint density at radius 1 is 0.824 bits per heavy atom. The van der Waals surface area contributed by atoms with Crippen LogP contribution in [-0.2, 0) is 0 Å². The fourth-order valence-electron chi connectivity index (χ4n) is 1.93. The molecule has 0 unspecified atom stereocenters. The molecule has 3 aromatic rings. The van der Waals surface area contributed by atoms with Gasteiger partial charge in [-0.3, -0.25) is 0 Å². The third-order valence-corrected chi connectivity index (χ3v) is 3.42. The fraction of sp³-hybridized carbons (Fsp3) is 0. The molecule has 3 heteroatoms. The van der Waals surface area contributed by atoms with E-state index in [0.29, 0.717) is 10.0 Å². The van der Waals surface area contributed by atoms with Crippen LogP contribution in [0.25, 0.3) is 16.6 Å². The Labute approximate surface area is 109 Å². The lowest BCUT2D eigenvalue weighted by molar-refractivity contribution is 1.20. The highest BCUT2D eigenvalue weighted by atomic mass is 35.5. The zero-order valence-corrected chi connectivity index (χ0v) is 10.4. The van der Waals surface area contributed by atoms with Crippen LogP contribution in [0.15, 0.2) is 54.9 Å². The highest BCUT2D eigenvalue weighted by molar-refractivity contribution is 6.36. The number of pyridine rings is 1. The number of hydrogen-bond acceptors (Lipinski definition) is 0. The van der Waals surface area contributed by atoms with Crippen LogP contribution >= 0.6 is 23.2 Å². The maximum absolute atomic E-state index is 6.29. The molecule has 0 aliphatic heterocycles. The molecule has 0 atom stereocenters. The van der Waals surface area contributed by atoms with E-state index in [0.717, 1.165) is 16.6 Å². The van der Waals surface area contributed by atoms with E-state index in [4.69, 9.17) is 23.2 Å². The number of nitrogens with zero attached hydrogens (tertiary/aromatic N) is 1. The smallest absolute Gasteiger partial charge is 0.0520 e. The Hall–Kier alpha value is -1.44. The minimum atomic E-state index is 0.709. The monoisotopic (exact) mass is 261 g/mol. The number of hydrogen-bond donors (Lipinski definition) is 0. The van der Waals surface area contributed by atoms with Crippen molar-refractivity contribution in [1.29, 1.82) is 0 Å². The van der Waals surface area contributed by atoms with E-state index in [-0.39, 0.29) is 0 Å². The van der Waals surface area contributed by atoms with Gasteiger partial charge < -0.3 is 4.40 Å². The normalized spacial score (nSPS) is 10.9. The van der Waals surface area contributed by atoms with Gasteiger partial charge in [-0.05, 0) is 24.3 Å². The molecular weight excluding hydrogens is 253 g/mol. The molecule has 1 nitrogen and oxygen atoms in total. The molecule has 0 aliphatic carbocycles. The summed E-state index contributed by atoms with van der Waals surface area (Å²) in [5.74, 6) is 0. The van der Waals surface area contributed by atoms with Crippen LogP contribution in [0.4, 0.5) is 0 Å². The Morgan fingerprint density at radius 2 is 1.65 bits per heavy atom. The zero-order chi connectivity index (χ0) is 11.8. The maximum Gasteiger partial charge on any atom is 0.0520 e. The largest absolute Gasteiger partial charge is 0.323 e. The Bertz CT molecular complexity index is 686. The number of fused-ring (bicyclic) bond motifs is 1. The molecule has 17 heavy (non-hydrogen) atoms. The maximum atomic E-state index is 6.29. The van der Waals surface area contributed by atoms with E-state index < -0.39 is 0 Å². The van der Waals surface area contributed by atoms with Gasteiger partial charge in [0.25, 0.3) is 0 Å². The standard InChI is InChI=1S/C14H9Cl2N/c15-13-6-2-1-5-11(13)12-9-17-7-3-4-10(17)8-14(12)16/h1-9H. The highest BCUT2D eigenvalue weighted by Gasteiger charge is 2.08. The lowest BCUT2D eigenvalue weighted by atomic mass is 10.1. The van der Waals surface area contributed by atoms with Crippen molar-refractivity contribution in [2.24, 2.45) is 0 Å². The van der Waals surface area contributed by atoms with Crippen LogP contribution in [0.1, 0.15) is 0 Å². The van der Waals surface area contributed by atoms with Crippen molar-refractivity contribution in [3.8, 4) is 11.1 Å². The van der Waals surface area contributed by atoms with E-state index >= 15 is 0 Å². The third kappa shape index (κ3) is 1.82. The van der Waals surface area contributed by atoms with Crippen LogP contribution in [0, 0.1) is 0 Å². The van der Waals surface area contributed by atoms with Crippen molar-refractivity contribution in [1.82, 2.24) is 4.40 Å². The quantitative estimate of drug-likeness (QED) is 0.586. The molecule has 0 amide bonds. The van der Waals surface area contributed by atoms with Gasteiger partial charge in [0, 0.05) is 34.1 Å². The van der Waals surface area contributed by atoms with E-state index in [2.05, 4.69) is 0 Å². The van der Waals surface area contributed by atoms with Gasteiger partial charge in [-0.25, -0.2) is 0 Å². The molecule has 0 saturated carbocycles. The van der Waals surface area contributed by atoms with Gasteiger partial charge in [0.05, 0.1) is 5.02 Å². The molecule has 0 radical (unpaired) electrons. The van der Waals surface area contributed by atoms with Crippen LogP contribution in [0.2, 0.25) is 10.0 Å². The first-order valence-electron chi connectivity index (χ1n) is 5.27. The molecular formula is C14H9Cl2N. The van der Waals surface area contributed by atoms with Gasteiger partial charge in [0.2, 0.25) is 0 Å². The summed E-state index contributed by atoms with van der Waals surface area (Å²) in [7, 11) is 0. The topological polar surface area (TPSA) is 4.41 Å². The molecule has 0 bridgehead atoms. The molecule has 2 heterocycles.